The largest absolute Gasteiger partial charge is 0.506 e. The van der Waals surface area contributed by atoms with E-state index in [9.17, 15) is 15.2 Å². The maximum absolute atomic E-state index is 12.2. The summed E-state index contributed by atoms with van der Waals surface area (Å²) >= 11 is 5.31. The van der Waals surface area contributed by atoms with Crippen LogP contribution in [0, 0.1) is 14.9 Å². The lowest BCUT2D eigenvalue weighted by atomic mass is 10.1. The van der Waals surface area contributed by atoms with Crippen LogP contribution in [-0.4, -0.2) is 18.1 Å². The van der Waals surface area contributed by atoms with Crippen molar-refractivity contribution in [1.82, 2.24) is 5.32 Å². The summed E-state index contributed by atoms with van der Waals surface area (Å²) in [5.74, 6) is 0.250. The molecule has 0 radical (unpaired) electrons. The molecule has 2 rings (SSSR count). The Balaban J connectivity index is 2.14. The molecule has 0 aromatic heterocycles. The van der Waals surface area contributed by atoms with Crippen LogP contribution in [0.2, 0.25) is 0 Å². The number of carbonyl (C=O) groups is 1. The Morgan fingerprint density at radius 2 is 2.08 bits per heavy atom. The third kappa shape index (κ3) is 5.21. The van der Waals surface area contributed by atoms with Crippen molar-refractivity contribution < 1.29 is 14.6 Å². The van der Waals surface area contributed by atoms with Crippen molar-refractivity contribution in [3.05, 3.63) is 61.1 Å². The molecule has 2 aromatic carbocycles. The molecule has 0 fully saturated rings. The van der Waals surface area contributed by atoms with Gasteiger partial charge in [0.2, 0.25) is 0 Å². The quantitative estimate of drug-likeness (QED) is 0.360. The number of hydrogen-bond donors (Lipinski definition) is 2. The van der Waals surface area contributed by atoms with E-state index in [0.717, 1.165) is 15.8 Å². The van der Waals surface area contributed by atoms with Gasteiger partial charge in [0, 0.05) is 16.6 Å². The first-order chi connectivity index (χ1) is 11.9. The van der Waals surface area contributed by atoms with E-state index in [1.54, 1.807) is 31.4 Å². The van der Waals surface area contributed by atoms with E-state index < -0.39 is 5.91 Å². The number of phenolic OH excluding ortho intramolecular Hbond substituents is 1. The maximum Gasteiger partial charge on any atom is 0.262 e. The van der Waals surface area contributed by atoms with Crippen LogP contribution in [0.4, 0.5) is 0 Å². The smallest absolute Gasteiger partial charge is 0.262 e. The van der Waals surface area contributed by atoms with Crippen molar-refractivity contribution in [2.24, 2.45) is 0 Å². The van der Waals surface area contributed by atoms with Crippen molar-refractivity contribution in [3.8, 4) is 17.6 Å². The summed E-state index contributed by atoms with van der Waals surface area (Å²) in [6.07, 6.45) is 1.37. The van der Waals surface area contributed by atoms with Gasteiger partial charge in [0.05, 0.1) is 10.7 Å². The molecule has 1 amide bonds. The van der Waals surface area contributed by atoms with Gasteiger partial charge in [0.15, 0.2) is 0 Å². The Kier molecular flexibility index (Phi) is 6.84. The van der Waals surface area contributed by atoms with E-state index in [2.05, 4.69) is 21.2 Å². The van der Waals surface area contributed by atoms with Crippen molar-refractivity contribution in [1.29, 1.82) is 5.26 Å². The second kappa shape index (κ2) is 8.87. The number of phenols is 1. The average molecular weight is 513 g/mol. The first kappa shape index (κ1) is 19.3. The fourth-order valence-electron chi connectivity index (χ4n) is 2.02. The number of carbonyl (C=O) groups excluding carboxylic acids is 1. The van der Waals surface area contributed by atoms with Crippen LogP contribution in [0.15, 0.2) is 46.4 Å². The molecule has 2 N–H and O–H groups in total. The molecule has 128 valence electrons. The van der Waals surface area contributed by atoms with Crippen LogP contribution in [0.1, 0.15) is 11.1 Å². The minimum atomic E-state index is -0.507. The van der Waals surface area contributed by atoms with Crippen LogP contribution in [0.3, 0.4) is 0 Å². The van der Waals surface area contributed by atoms with Gasteiger partial charge < -0.3 is 15.2 Å². The number of methoxy groups -OCH3 is 1. The van der Waals surface area contributed by atoms with Crippen molar-refractivity contribution in [2.75, 3.05) is 7.11 Å². The predicted molar refractivity (Wildman–Crippen MR) is 107 cm³/mol. The zero-order valence-corrected chi connectivity index (χ0v) is 17.0. The van der Waals surface area contributed by atoms with E-state index in [1.165, 1.54) is 6.08 Å². The van der Waals surface area contributed by atoms with Gasteiger partial charge in [0.1, 0.15) is 23.1 Å². The standard InChI is InChI=1S/C18H14BrIN2O3/c1-25-15-4-2-11(3-5-15)10-22-18(24)13(9-21)6-12-7-14(19)8-16(20)17(12)23/h2-8,23H,10H2,1H3,(H,22,24)/b13-6+. The lowest BCUT2D eigenvalue weighted by Crippen LogP contribution is -2.23. The Morgan fingerprint density at radius 1 is 1.40 bits per heavy atom. The van der Waals surface area contributed by atoms with Gasteiger partial charge in [-0.3, -0.25) is 4.79 Å². The Hall–Kier alpha value is -2.05. The summed E-state index contributed by atoms with van der Waals surface area (Å²) in [5, 5.41) is 22.0. The van der Waals surface area contributed by atoms with Crippen LogP contribution in [0.25, 0.3) is 6.08 Å². The molecule has 0 unspecified atom stereocenters. The monoisotopic (exact) mass is 512 g/mol. The molecular weight excluding hydrogens is 499 g/mol. The lowest BCUT2D eigenvalue weighted by molar-refractivity contribution is -0.117. The zero-order chi connectivity index (χ0) is 18.4. The highest BCUT2D eigenvalue weighted by Crippen LogP contribution is 2.30. The predicted octanol–water partition coefficient (Wildman–Crippen LogP) is 3.99. The van der Waals surface area contributed by atoms with Crippen LogP contribution < -0.4 is 10.1 Å². The van der Waals surface area contributed by atoms with Gasteiger partial charge >= 0.3 is 0 Å². The van der Waals surface area contributed by atoms with E-state index in [4.69, 9.17) is 4.74 Å². The van der Waals surface area contributed by atoms with Gasteiger partial charge in [-0.25, -0.2) is 0 Å². The number of benzene rings is 2. The molecule has 25 heavy (non-hydrogen) atoms. The van der Waals surface area contributed by atoms with Crippen molar-refractivity contribution in [3.63, 3.8) is 0 Å². The lowest BCUT2D eigenvalue weighted by Gasteiger charge is -2.07. The average Bonchev–Trinajstić information content (AvgIpc) is 2.61. The fraction of sp³-hybridized carbons (Fsp3) is 0.111. The van der Waals surface area contributed by atoms with E-state index in [-0.39, 0.29) is 17.9 Å². The first-order valence-corrected chi connectivity index (χ1v) is 9.02. The van der Waals surface area contributed by atoms with E-state index in [1.807, 2.05) is 40.8 Å². The van der Waals surface area contributed by atoms with Gasteiger partial charge in [-0.1, -0.05) is 28.1 Å². The van der Waals surface area contributed by atoms with Crippen LogP contribution in [0.5, 0.6) is 11.5 Å². The van der Waals surface area contributed by atoms with Crippen molar-refractivity contribution in [2.45, 2.75) is 6.54 Å². The molecule has 2 aromatic rings. The van der Waals surface area contributed by atoms with Crippen molar-refractivity contribution >= 4 is 50.5 Å². The number of amides is 1. The number of ether oxygens (including phenoxy) is 1. The topological polar surface area (TPSA) is 82.3 Å². The molecular formula is C18H14BrIN2O3. The number of nitrogens with zero attached hydrogens (tertiary/aromatic N) is 1. The zero-order valence-electron chi connectivity index (χ0n) is 13.2. The summed E-state index contributed by atoms with van der Waals surface area (Å²) in [7, 11) is 1.58. The summed E-state index contributed by atoms with van der Waals surface area (Å²) in [6, 6.07) is 12.5. The number of nitriles is 1. The highest BCUT2D eigenvalue weighted by molar-refractivity contribution is 14.1. The van der Waals surface area contributed by atoms with Crippen LogP contribution >= 0.6 is 38.5 Å². The Bertz CT molecular complexity index is 858. The first-order valence-electron chi connectivity index (χ1n) is 7.15. The number of hydrogen-bond acceptors (Lipinski definition) is 4. The van der Waals surface area contributed by atoms with Gasteiger partial charge in [-0.05, 0) is 58.5 Å². The summed E-state index contributed by atoms with van der Waals surface area (Å²) in [6.45, 7) is 0.282. The minimum absolute atomic E-state index is 0.0273. The Morgan fingerprint density at radius 3 is 2.68 bits per heavy atom. The number of rotatable bonds is 5. The minimum Gasteiger partial charge on any atom is -0.506 e. The highest BCUT2D eigenvalue weighted by Gasteiger charge is 2.12. The molecule has 0 bridgehead atoms. The Labute approximate surface area is 167 Å². The second-order valence-electron chi connectivity index (χ2n) is 5.03. The third-order valence-electron chi connectivity index (χ3n) is 3.33. The number of aromatic hydroxyl groups is 1. The molecule has 0 heterocycles. The molecule has 0 aliphatic carbocycles. The fourth-order valence-corrected chi connectivity index (χ4v) is 3.57. The molecule has 0 saturated heterocycles. The maximum atomic E-state index is 12.2. The molecule has 0 aliphatic heterocycles. The van der Waals surface area contributed by atoms with Crippen LogP contribution in [-0.2, 0) is 11.3 Å². The van der Waals surface area contributed by atoms with E-state index >= 15 is 0 Å². The molecule has 0 spiro atoms. The summed E-state index contributed by atoms with van der Waals surface area (Å²) in [4.78, 5) is 12.2. The molecule has 7 heteroatoms. The highest BCUT2D eigenvalue weighted by atomic mass is 127. The second-order valence-corrected chi connectivity index (χ2v) is 7.10. The number of nitrogens with one attached hydrogen (secondary N) is 1. The van der Waals surface area contributed by atoms with Gasteiger partial charge in [0.25, 0.3) is 5.91 Å². The third-order valence-corrected chi connectivity index (χ3v) is 4.61. The summed E-state index contributed by atoms with van der Waals surface area (Å²) in [5.41, 5.74) is 1.19. The molecule has 0 saturated carbocycles. The van der Waals surface area contributed by atoms with Gasteiger partial charge in [-0.2, -0.15) is 5.26 Å². The SMILES string of the molecule is COc1ccc(CNC(=O)/C(C#N)=C/c2cc(Br)cc(I)c2O)cc1. The molecule has 5 nitrogen and oxygen atoms in total. The van der Waals surface area contributed by atoms with E-state index in [0.29, 0.717) is 9.13 Å². The van der Waals surface area contributed by atoms with Gasteiger partial charge in [-0.15, -0.1) is 0 Å². The number of halogens is 2. The normalized spacial score (nSPS) is 10.9. The summed E-state index contributed by atoms with van der Waals surface area (Å²) < 4.78 is 6.45. The molecule has 0 atom stereocenters. The molecule has 0 aliphatic rings.